The lowest BCUT2D eigenvalue weighted by molar-refractivity contribution is -0.0242. The second kappa shape index (κ2) is 11.0. The molecule has 0 saturated heterocycles. The first kappa shape index (κ1) is 27.2. The molecule has 4 aromatic rings. The molecule has 1 aliphatic heterocycles. The number of hydrogen-bond acceptors (Lipinski definition) is 7. The van der Waals surface area contributed by atoms with Gasteiger partial charge in [0.05, 0.1) is 29.1 Å². The first-order valence-electron chi connectivity index (χ1n) is 13.2. The molecule has 206 valence electrons. The molecule has 2 aromatic heterocycles. The highest BCUT2D eigenvalue weighted by Crippen LogP contribution is 2.47. The third-order valence-electron chi connectivity index (χ3n) is 7.65. The van der Waals surface area contributed by atoms with E-state index in [0.29, 0.717) is 41.9 Å². The van der Waals surface area contributed by atoms with Crippen LogP contribution >= 0.6 is 0 Å². The van der Waals surface area contributed by atoms with Gasteiger partial charge < -0.3 is 18.7 Å². The zero-order valence-corrected chi connectivity index (χ0v) is 23.6. The van der Waals surface area contributed by atoms with Crippen molar-refractivity contribution in [1.82, 2.24) is 24.8 Å². The van der Waals surface area contributed by atoms with Crippen LogP contribution in [0.2, 0.25) is 18.6 Å². The van der Waals surface area contributed by atoms with Gasteiger partial charge in [0.15, 0.2) is 0 Å². The van der Waals surface area contributed by atoms with Gasteiger partial charge in [-0.3, -0.25) is 9.48 Å². The number of hydrogen-bond donors (Lipinski definition) is 1. The maximum absolute atomic E-state index is 15.8. The Morgan fingerprint density at radius 2 is 2.03 bits per heavy atom. The van der Waals surface area contributed by atoms with E-state index in [1.807, 2.05) is 37.3 Å². The van der Waals surface area contributed by atoms with Crippen molar-refractivity contribution in [2.75, 3.05) is 13.7 Å². The monoisotopic (exact) mass is 551 g/mol. The molecule has 0 amide bonds. The van der Waals surface area contributed by atoms with E-state index < -0.39 is 14.5 Å². The van der Waals surface area contributed by atoms with Gasteiger partial charge in [-0.05, 0) is 43.8 Å². The summed E-state index contributed by atoms with van der Waals surface area (Å²) in [5, 5.41) is 23.1. The van der Waals surface area contributed by atoms with Gasteiger partial charge in [-0.1, -0.05) is 30.3 Å². The molecule has 0 bridgehead atoms. The Bertz CT molecular complexity index is 1520. The maximum atomic E-state index is 15.8. The molecule has 0 fully saturated rings. The van der Waals surface area contributed by atoms with Gasteiger partial charge in [-0.15, -0.1) is 5.10 Å². The minimum absolute atomic E-state index is 0.00423. The predicted octanol–water partition coefficient (Wildman–Crippen LogP) is 4.23. The van der Waals surface area contributed by atoms with Gasteiger partial charge in [-0.25, -0.2) is 0 Å². The van der Waals surface area contributed by atoms with Gasteiger partial charge in [0.1, 0.15) is 11.9 Å². The van der Waals surface area contributed by atoms with Crippen molar-refractivity contribution in [3.8, 4) is 11.4 Å². The molecule has 0 saturated carbocycles. The summed E-state index contributed by atoms with van der Waals surface area (Å²) in [6, 6.07) is 12.9. The number of aryl methyl sites for hydroxylation is 1. The van der Waals surface area contributed by atoms with E-state index in [-0.39, 0.29) is 29.7 Å². The first-order valence-corrected chi connectivity index (χ1v) is 16.2. The predicted molar refractivity (Wildman–Crippen MR) is 148 cm³/mol. The number of nitrogens with zero attached hydrogens (tertiary/aromatic N) is 5. The van der Waals surface area contributed by atoms with Crippen LogP contribution in [0.5, 0.6) is 5.75 Å². The van der Waals surface area contributed by atoms with Crippen LogP contribution in [0.25, 0.3) is 16.5 Å². The van der Waals surface area contributed by atoms with Crippen LogP contribution in [-0.2, 0) is 17.7 Å². The number of aromatic nitrogens is 5. The van der Waals surface area contributed by atoms with Crippen LogP contribution in [0.4, 0.5) is 4.11 Å². The first-order chi connectivity index (χ1) is 18.7. The van der Waals surface area contributed by atoms with Crippen LogP contribution in [0, 0.1) is 5.92 Å². The Morgan fingerprint density at radius 3 is 2.77 bits per heavy atom. The largest absolute Gasteiger partial charge is 0.490 e. The Morgan fingerprint density at radius 1 is 1.23 bits per heavy atom. The molecule has 9 nitrogen and oxygen atoms in total. The standard InChI is InChI=1S/C28H34FN5O4Si/c1-18-26(37-2)23-15-21(34-28(36)22-8-6-5-7-19(22)16-30-34)9-10-24(23)38-27(18)25(39(3,4)29)11-13-33-17-20(12-14-35)31-32-33/h5-10,15-18,25-27,35H,11-14H2,1-4H3/t18-,25?,26-,27-/m1/s1. The minimum Gasteiger partial charge on any atom is -0.490 e. The quantitative estimate of drug-likeness (QED) is 0.245. The zero-order chi connectivity index (χ0) is 27.7. The van der Waals surface area contributed by atoms with Crippen molar-refractivity contribution >= 4 is 19.2 Å². The third kappa shape index (κ3) is 5.38. The molecule has 1 aliphatic rings. The summed E-state index contributed by atoms with van der Waals surface area (Å²) < 4.78 is 31.4. The smallest absolute Gasteiger partial charge is 0.279 e. The fraction of sp³-hybridized carbons (Fsp3) is 0.429. The normalized spacial score (nSPS) is 20.0. The minimum atomic E-state index is -3.18. The molecule has 3 heterocycles. The molecule has 1 N–H and O–H groups in total. The molecule has 0 spiro atoms. The fourth-order valence-corrected chi connectivity index (χ4v) is 7.59. The van der Waals surface area contributed by atoms with Crippen molar-refractivity contribution in [2.24, 2.45) is 5.92 Å². The Kier molecular flexibility index (Phi) is 7.65. The average Bonchev–Trinajstić information content (AvgIpc) is 3.36. The average molecular weight is 552 g/mol. The second-order valence-corrected chi connectivity index (χ2v) is 14.5. The molecule has 4 atom stereocenters. The highest BCUT2D eigenvalue weighted by atomic mass is 28.4. The van der Waals surface area contributed by atoms with E-state index in [1.165, 1.54) is 4.68 Å². The summed E-state index contributed by atoms with van der Waals surface area (Å²) in [4.78, 5) is 13.2. The maximum Gasteiger partial charge on any atom is 0.279 e. The van der Waals surface area contributed by atoms with Crippen molar-refractivity contribution in [2.45, 2.75) is 57.2 Å². The third-order valence-corrected chi connectivity index (χ3v) is 10.0. The van der Waals surface area contributed by atoms with E-state index >= 15 is 4.11 Å². The summed E-state index contributed by atoms with van der Waals surface area (Å²) in [6.45, 7) is 5.95. The lowest BCUT2D eigenvalue weighted by atomic mass is 9.86. The molecule has 39 heavy (non-hydrogen) atoms. The fourth-order valence-electron chi connectivity index (χ4n) is 5.62. The van der Waals surface area contributed by atoms with Crippen LogP contribution in [0.15, 0.2) is 59.7 Å². The zero-order valence-electron chi connectivity index (χ0n) is 22.6. The van der Waals surface area contributed by atoms with Gasteiger partial charge >= 0.3 is 0 Å². The van der Waals surface area contributed by atoms with Gasteiger partial charge in [0.25, 0.3) is 5.56 Å². The van der Waals surface area contributed by atoms with E-state index in [0.717, 1.165) is 10.9 Å². The van der Waals surface area contributed by atoms with Gasteiger partial charge in [0, 0.05) is 55.3 Å². The highest BCUT2D eigenvalue weighted by molar-refractivity contribution is 6.72. The lowest BCUT2D eigenvalue weighted by Crippen LogP contribution is -2.46. The molecule has 0 radical (unpaired) electrons. The van der Waals surface area contributed by atoms with Gasteiger partial charge in [-0.2, -0.15) is 9.78 Å². The SMILES string of the molecule is CO[C@H]1c2cc(-n3ncc4ccccc4c3=O)ccc2O[C@@H](C(CCn2cc(CCO)nn2)[Si](C)(C)F)[C@@H]1C. The summed E-state index contributed by atoms with van der Waals surface area (Å²) in [6.07, 6.45) is 3.69. The number of aliphatic hydroxyl groups is 1. The number of rotatable bonds is 9. The van der Waals surface area contributed by atoms with E-state index in [1.54, 1.807) is 49.4 Å². The Labute approximate surface area is 227 Å². The van der Waals surface area contributed by atoms with Crippen molar-refractivity contribution < 1.29 is 18.7 Å². The summed E-state index contributed by atoms with van der Waals surface area (Å²) in [5.41, 5.74) is 1.60. The van der Waals surface area contributed by atoms with Gasteiger partial charge in [0.2, 0.25) is 8.41 Å². The molecular weight excluding hydrogens is 517 g/mol. The molecular formula is C28H34FN5O4Si. The van der Waals surface area contributed by atoms with E-state index in [2.05, 4.69) is 15.4 Å². The topological polar surface area (TPSA) is 104 Å². The van der Waals surface area contributed by atoms with Crippen LogP contribution in [-0.4, -0.2) is 58.1 Å². The summed E-state index contributed by atoms with van der Waals surface area (Å²) in [5.74, 6) is 0.476. The highest BCUT2D eigenvalue weighted by Gasteiger charge is 2.47. The van der Waals surface area contributed by atoms with Crippen LogP contribution in [0.3, 0.4) is 0 Å². The second-order valence-electron chi connectivity index (χ2n) is 10.7. The molecule has 11 heteroatoms. The Balaban J connectivity index is 1.45. The number of aliphatic hydroxyl groups excluding tert-OH is 1. The number of fused-ring (bicyclic) bond motifs is 2. The lowest BCUT2D eigenvalue weighted by Gasteiger charge is -2.43. The van der Waals surface area contributed by atoms with E-state index in [9.17, 15) is 4.79 Å². The Hall–Kier alpha value is -3.41. The van der Waals surface area contributed by atoms with Crippen molar-refractivity contribution in [3.05, 3.63) is 76.5 Å². The molecule has 1 unspecified atom stereocenters. The number of ether oxygens (including phenoxy) is 2. The molecule has 0 aliphatic carbocycles. The molecule has 2 aromatic carbocycles. The van der Waals surface area contributed by atoms with Crippen LogP contribution in [0.1, 0.15) is 30.7 Å². The van der Waals surface area contributed by atoms with Crippen LogP contribution < -0.4 is 10.3 Å². The van der Waals surface area contributed by atoms with Crippen molar-refractivity contribution in [3.63, 3.8) is 0 Å². The number of methoxy groups -OCH3 is 1. The van der Waals surface area contributed by atoms with Crippen molar-refractivity contribution in [1.29, 1.82) is 0 Å². The number of halogens is 1. The summed E-state index contributed by atoms with van der Waals surface area (Å²) >= 11 is 0. The van der Waals surface area contributed by atoms with E-state index in [4.69, 9.17) is 14.6 Å². The number of benzene rings is 2. The summed E-state index contributed by atoms with van der Waals surface area (Å²) in [7, 11) is -1.53. The molecule has 5 rings (SSSR count).